The van der Waals surface area contributed by atoms with Crippen LogP contribution in [0.25, 0.3) is 0 Å². The molecule has 26 heavy (non-hydrogen) atoms. The number of carbonyl (C=O) groups excluding carboxylic acids is 2. The van der Waals surface area contributed by atoms with Crippen LogP contribution in [0.15, 0.2) is 60.7 Å². The molecule has 1 aromatic heterocycles. The molecule has 3 N–H and O–H groups in total. The molecule has 1 heterocycles. The van der Waals surface area contributed by atoms with Gasteiger partial charge in [-0.1, -0.05) is 48.5 Å². The molecule has 0 aliphatic rings. The molecule has 6 heteroatoms. The van der Waals surface area contributed by atoms with Crippen LogP contribution in [0.2, 0.25) is 0 Å². The molecule has 0 saturated heterocycles. The van der Waals surface area contributed by atoms with E-state index in [1.165, 1.54) is 0 Å². The van der Waals surface area contributed by atoms with E-state index in [0.717, 1.165) is 17.0 Å². The molecule has 0 bridgehead atoms. The summed E-state index contributed by atoms with van der Waals surface area (Å²) in [6, 6.07) is 18.2. The highest BCUT2D eigenvalue weighted by molar-refractivity contribution is 7.19. The van der Waals surface area contributed by atoms with Crippen molar-refractivity contribution in [1.82, 2.24) is 0 Å². The molecule has 2 aromatic carbocycles. The summed E-state index contributed by atoms with van der Waals surface area (Å²) in [5, 5.41) is 3.71. The average molecular weight is 366 g/mol. The number of para-hydroxylation sites is 1. The first-order valence-corrected chi connectivity index (χ1v) is 8.94. The lowest BCUT2D eigenvalue weighted by Crippen LogP contribution is -2.09. The van der Waals surface area contributed by atoms with E-state index >= 15 is 0 Å². The van der Waals surface area contributed by atoms with Crippen LogP contribution in [-0.2, 0) is 4.74 Å². The minimum Gasteiger partial charge on any atom is -0.462 e. The van der Waals surface area contributed by atoms with E-state index in [0.29, 0.717) is 10.6 Å². The Bertz CT molecular complexity index is 921. The van der Waals surface area contributed by atoms with Gasteiger partial charge in [-0.2, -0.15) is 0 Å². The van der Waals surface area contributed by atoms with Gasteiger partial charge >= 0.3 is 5.97 Å². The Morgan fingerprint density at radius 1 is 1.04 bits per heavy atom. The summed E-state index contributed by atoms with van der Waals surface area (Å²) in [6.45, 7) is 1.96. The number of thiophene rings is 1. The normalized spacial score (nSPS) is 10.3. The molecular weight excluding hydrogens is 348 g/mol. The molecule has 3 rings (SSSR count). The van der Waals surface area contributed by atoms with Crippen LogP contribution in [0, 0.1) is 0 Å². The van der Waals surface area contributed by atoms with Gasteiger partial charge in [-0.05, 0) is 19.1 Å². The number of ketones is 1. The third-order valence-corrected chi connectivity index (χ3v) is 4.80. The molecule has 0 unspecified atom stereocenters. The van der Waals surface area contributed by atoms with E-state index < -0.39 is 5.97 Å². The number of nitrogens with two attached hydrogens (primary N) is 1. The van der Waals surface area contributed by atoms with Crippen molar-refractivity contribution in [2.45, 2.75) is 6.92 Å². The summed E-state index contributed by atoms with van der Waals surface area (Å²) >= 11 is 1.12. The molecule has 0 saturated carbocycles. The van der Waals surface area contributed by atoms with Crippen molar-refractivity contribution in [2.75, 3.05) is 17.7 Å². The number of nitrogens with one attached hydrogen (secondary N) is 1. The Balaban J connectivity index is 2.07. The number of nitrogen functional groups attached to an aromatic ring is 1. The number of hydrogen-bond acceptors (Lipinski definition) is 6. The van der Waals surface area contributed by atoms with Gasteiger partial charge in [0.25, 0.3) is 0 Å². The van der Waals surface area contributed by atoms with E-state index in [9.17, 15) is 9.59 Å². The monoisotopic (exact) mass is 366 g/mol. The second-order valence-electron chi connectivity index (χ2n) is 5.46. The predicted octanol–water partition coefficient (Wildman–Crippen LogP) is 4.48. The summed E-state index contributed by atoms with van der Waals surface area (Å²) in [6.07, 6.45) is 0. The van der Waals surface area contributed by atoms with Crippen molar-refractivity contribution >= 4 is 39.5 Å². The first-order valence-electron chi connectivity index (χ1n) is 8.13. The van der Waals surface area contributed by atoms with Crippen LogP contribution < -0.4 is 11.1 Å². The average Bonchev–Trinajstić information content (AvgIpc) is 2.99. The van der Waals surface area contributed by atoms with Crippen LogP contribution in [-0.4, -0.2) is 18.4 Å². The van der Waals surface area contributed by atoms with Crippen LogP contribution >= 0.6 is 11.3 Å². The van der Waals surface area contributed by atoms with Gasteiger partial charge in [-0.25, -0.2) is 4.79 Å². The van der Waals surface area contributed by atoms with Gasteiger partial charge in [0.1, 0.15) is 9.88 Å². The SMILES string of the molecule is CCOC(=O)c1sc(Nc2ccccc2)c(C(=O)c2ccccc2)c1N. The number of hydrogen-bond donors (Lipinski definition) is 2. The van der Waals surface area contributed by atoms with Gasteiger partial charge in [0.2, 0.25) is 0 Å². The van der Waals surface area contributed by atoms with E-state index in [4.69, 9.17) is 10.5 Å². The minimum atomic E-state index is -0.529. The molecule has 5 nitrogen and oxygen atoms in total. The van der Waals surface area contributed by atoms with Gasteiger partial charge in [0, 0.05) is 11.3 Å². The molecule has 0 aliphatic carbocycles. The molecule has 0 radical (unpaired) electrons. The Morgan fingerprint density at radius 2 is 1.65 bits per heavy atom. The number of ether oxygens (including phenoxy) is 1. The van der Waals surface area contributed by atoms with Gasteiger partial charge in [-0.15, -0.1) is 11.3 Å². The summed E-state index contributed by atoms with van der Waals surface area (Å²) in [5.74, 6) is -0.772. The summed E-state index contributed by atoms with van der Waals surface area (Å²) in [7, 11) is 0. The highest BCUT2D eigenvalue weighted by Crippen LogP contribution is 2.39. The number of esters is 1. The maximum absolute atomic E-state index is 13.0. The standard InChI is InChI=1S/C20H18N2O3S/c1-2-25-20(24)18-16(21)15(17(23)13-9-5-3-6-10-13)19(26-18)22-14-11-7-4-8-12-14/h3-12,22H,2,21H2,1H3. The highest BCUT2D eigenvalue weighted by atomic mass is 32.1. The van der Waals surface area contributed by atoms with Crippen molar-refractivity contribution in [2.24, 2.45) is 0 Å². The molecule has 132 valence electrons. The maximum atomic E-state index is 13.0. The lowest BCUT2D eigenvalue weighted by Gasteiger charge is -2.07. The quantitative estimate of drug-likeness (QED) is 0.496. The molecule has 0 atom stereocenters. The molecular formula is C20H18N2O3S. The van der Waals surface area contributed by atoms with Gasteiger partial charge in [0.05, 0.1) is 17.9 Å². The second-order valence-corrected chi connectivity index (χ2v) is 6.48. The van der Waals surface area contributed by atoms with Crippen LogP contribution in [0.4, 0.5) is 16.4 Å². The maximum Gasteiger partial charge on any atom is 0.350 e. The fourth-order valence-corrected chi connectivity index (χ4v) is 3.52. The summed E-state index contributed by atoms with van der Waals surface area (Å²) < 4.78 is 5.07. The minimum absolute atomic E-state index is 0.140. The molecule has 0 fully saturated rings. The van der Waals surface area contributed by atoms with Crippen molar-refractivity contribution in [3.05, 3.63) is 76.7 Å². The Labute approximate surface area is 155 Å². The largest absolute Gasteiger partial charge is 0.462 e. The second kappa shape index (κ2) is 7.84. The number of anilines is 3. The summed E-state index contributed by atoms with van der Waals surface area (Å²) in [5.41, 5.74) is 7.90. The fourth-order valence-electron chi connectivity index (χ4n) is 2.49. The zero-order valence-electron chi connectivity index (χ0n) is 14.2. The Kier molecular flexibility index (Phi) is 5.34. The number of benzene rings is 2. The van der Waals surface area contributed by atoms with Crippen molar-refractivity contribution in [3.63, 3.8) is 0 Å². The Morgan fingerprint density at radius 3 is 2.27 bits per heavy atom. The van der Waals surface area contributed by atoms with Crippen molar-refractivity contribution in [3.8, 4) is 0 Å². The zero-order valence-corrected chi connectivity index (χ0v) is 15.0. The van der Waals surface area contributed by atoms with E-state index in [-0.39, 0.29) is 28.5 Å². The predicted molar refractivity (Wildman–Crippen MR) is 104 cm³/mol. The zero-order chi connectivity index (χ0) is 18.5. The third kappa shape index (κ3) is 3.60. The lowest BCUT2D eigenvalue weighted by atomic mass is 10.0. The van der Waals surface area contributed by atoms with Gasteiger partial charge in [-0.3, -0.25) is 4.79 Å². The molecule has 0 aliphatic heterocycles. The van der Waals surface area contributed by atoms with E-state index in [1.807, 2.05) is 36.4 Å². The molecule has 0 spiro atoms. The van der Waals surface area contributed by atoms with Crippen LogP contribution in [0.1, 0.15) is 32.5 Å². The van der Waals surface area contributed by atoms with Crippen LogP contribution in [0.5, 0.6) is 0 Å². The molecule has 3 aromatic rings. The van der Waals surface area contributed by atoms with Gasteiger partial charge in [0.15, 0.2) is 5.78 Å². The smallest absolute Gasteiger partial charge is 0.350 e. The fraction of sp³-hybridized carbons (Fsp3) is 0.100. The summed E-state index contributed by atoms with van der Waals surface area (Å²) in [4.78, 5) is 25.4. The third-order valence-electron chi connectivity index (χ3n) is 3.70. The van der Waals surface area contributed by atoms with E-state index in [2.05, 4.69) is 5.32 Å². The lowest BCUT2D eigenvalue weighted by molar-refractivity contribution is 0.0533. The van der Waals surface area contributed by atoms with Gasteiger partial charge < -0.3 is 15.8 Å². The highest BCUT2D eigenvalue weighted by Gasteiger charge is 2.27. The first kappa shape index (κ1) is 17.7. The van der Waals surface area contributed by atoms with Crippen LogP contribution in [0.3, 0.4) is 0 Å². The van der Waals surface area contributed by atoms with Crippen molar-refractivity contribution in [1.29, 1.82) is 0 Å². The Hall–Kier alpha value is -3.12. The van der Waals surface area contributed by atoms with Crippen molar-refractivity contribution < 1.29 is 14.3 Å². The first-order chi connectivity index (χ1) is 12.6. The number of rotatable bonds is 6. The molecule has 0 amide bonds. The topological polar surface area (TPSA) is 81.4 Å². The van der Waals surface area contributed by atoms with E-state index in [1.54, 1.807) is 31.2 Å². The number of carbonyl (C=O) groups is 2.